The molecule has 1 unspecified atom stereocenters. The van der Waals surface area contributed by atoms with E-state index in [0.717, 1.165) is 23.3 Å². The van der Waals surface area contributed by atoms with E-state index in [2.05, 4.69) is 20.6 Å². The second kappa shape index (κ2) is 6.33. The van der Waals surface area contributed by atoms with Crippen LogP contribution < -0.4 is 10.6 Å². The predicted molar refractivity (Wildman–Crippen MR) is 78.5 cm³/mol. The second-order valence-corrected chi connectivity index (χ2v) is 4.51. The summed E-state index contributed by atoms with van der Waals surface area (Å²) in [4.78, 5) is 8.93. The highest BCUT2D eigenvalue weighted by atomic mass is 16.3. The molecule has 0 aliphatic heterocycles. The summed E-state index contributed by atoms with van der Waals surface area (Å²) in [6.07, 6.45) is 0.378. The minimum Gasteiger partial charge on any atom is -0.393 e. The first-order valence-corrected chi connectivity index (χ1v) is 6.63. The maximum Gasteiger partial charge on any atom is 0.225 e. The molecule has 2 aromatic rings. The van der Waals surface area contributed by atoms with Crippen LogP contribution in [0.3, 0.4) is 0 Å². The molecule has 0 spiro atoms. The summed E-state index contributed by atoms with van der Waals surface area (Å²) in [5.74, 6) is 1.43. The van der Waals surface area contributed by atoms with Crippen molar-refractivity contribution in [1.29, 1.82) is 0 Å². The monoisotopic (exact) mass is 260 g/mol. The van der Waals surface area contributed by atoms with E-state index in [1.54, 1.807) is 6.92 Å². The molecule has 2 rings (SSSR count). The number of hydrogen-bond donors (Lipinski definition) is 3. The summed E-state index contributed by atoms with van der Waals surface area (Å²) >= 11 is 0. The van der Waals surface area contributed by atoms with Gasteiger partial charge in [0.25, 0.3) is 0 Å². The summed E-state index contributed by atoms with van der Waals surface area (Å²) in [5.41, 5.74) is 0.910. The molecule has 0 saturated carbocycles. The highest BCUT2D eigenvalue weighted by molar-refractivity contribution is 5.89. The molecule has 0 bridgehead atoms. The molecular weight excluding hydrogens is 240 g/mol. The molecule has 0 fully saturated rings. The van der Waals surface area contributed by atoms with Crippen LogP contribution >= 0.6 is 0 Å². The number of anilines is 2. The quantitative estimate of drug-likeness (QED) is 0.743. The average molecular weight is 260 g/mol. The zero-order valence-corrected chi connectivity index (χ0v) is 11.3. The van der Waals surface area contributed by atoms with E-state index in [1.165, 1.54) is 0 Å². The van der Waals surface area contributed by atoms with Gasteiger partial charge in [0.1, 0.15) is 5.82 Å². The van der Waals surface area contributed by atoms with Gasteiger partial charge < -0.3 is 15.7 Å². The number of fused-ring (bicyclic) bond motifs is 1. The van der Waals surface area contributed by atoms with Crippen LogP contribution in [0.5, 0.6) is 0 Å². The Morgan fingerprint density at radius 1 is 1.21 bits per heavy atom. The van der Waals surface area contributed by atoms with Gasteiger partial charge >= 0.3 is 0 Å². The zero-order valence-electron chi connectivity index (χ0n) is 11.3. The number of aliphatic hydroxyl groups excluding tert-OH is 1. The van der Waals surface area contributed by atoms with Crippen LogP contribution in [0.4, 0.5) is 11.8 Å². The zero-order chi connectivity index (χ0) is 13.7. The van der Waals surface area contributed by atoms with Crippen LogP contribution in [0, 0.1) is 0 Å². The van der Waals surface area contributed by atoms with E-state index in [-0.39, 0.29) is 6.10 Å². The van der Waals surface area contributed by atoms with E-state index in [9.17, 15) is 5.11 Å². The van der Waals surface area contributed by atoms with Crippen LogP contribution in [-0.4, -0.2) is 34.3 Å². The molecule has 0 radical (unpaired) electrons. The van der Waals surface area contributed by atoms with Crippen molar-refractivity contribution in [2.75, 3.05) is 23.7 Å². The molecule has 5 heteroatoms. The van der Waals surface area contributed by atoms with Gasteiger partial charge in [-0.15, -0.1) is 0 Å². The van der Waals surface area contributed by atoms with Crippen molar-refractivity contribution in [2.45, 2.75) is 26.4 Å². The molecular formula is C14H20N4O. The third-order valence-corrected chi connectivity index (χ3v) is 2.79. The molecule has 0 aliphatic carbocycles. The molecule has 0 aliphatic rings. The first-order chi connectivity index (χ1) is 9.20. The van der Waals surface area contributed by atoms with Crippen LogP contribution in [0.25, 0.3) is 10.9 Å². The molecule has 1 aromatic heterocycles. The Hall–Kier alpha value is -1.88. The van der Waals surface area contributed by atoms with Crippen LogP contribution in [0.15, 0.2) is 24.3 Å². The number of nitrogens with one attached hydrogen (secondary N) is 2. The molecule has 0 saturated heterocycles. The summed E-state index contributed by atoms with van der Waals surface area (Å²) in [7, 11) is 0. The van der Waals surface area contributed by atoms with Gasteiger partial charge in [0.05, 0.1) is 11.6 Å². The van der Waals surface area contributed by atoms with Crippen molar-refractivity contribution in [3.8, 4) is 0 Å². The lowest BCUT2D eigenvalue weighted by Gasteiger charge is -2.11. The number of rotatable bonds is 6. The Morgan fingerprint density at radius 2 is 2.00 bits per heavy atom. The van der Waals surface area contributed by atoms with Gasteiger partial charge in [0, 0.05) is 18.5 Å². The molecule has 1 aromatic carbocycles. The number of aliphatic hydroxyl groups is 1. The maximum atomic E-state index is 9.30. The Kier molecular flexibility index (Phi) is 4.52. The molecule has 1 heterocycles. The summed E-state index contributed by atoms with van der Waals surface area (Å²) in [6.45, 7) is 5.26. The predicted octanol–water partition coefficient (Wildman–Crippen LogP) is 2.24. The smallest absolute Gasteiger partial charge is 0.225 e. The minimum atomic E-state index is -0.311. The van der Waals surface area contributed by atoms with Gasteiger partial charge in [-0.3, -0.25) is 0 Å². The second-order valence-electron chi connectivity index (χ2n) is 4.51. The molecule has 0 amide bonds. The fraction of sp³-hybridized carbons (Fsp3) is 0.429. The number of benzene rings is 1. The molecule has 19 heavy (non-hydrogen) atoms. The number of aromatic nitrogens is 2. The molecule has 1 atom stereocenters. The highest BCUT2D eigenvalue weighted by Gasteiger charge is 2.06. The van der Waals surface area contributed by atoms with Crippen LogP contribution in [-0.2, 0) is 0 Å². The van der Waals surface area contributed by atoms with Gasteiger partial charge in [0.15, 0.2) is 0 Å². The first-order valence-electron chi connectivity index (χ1n) is 6.63. The van der Waals surface area contributed by atoms with Crippen molar-refractivity contribution in [2.24, 2.45) is 0 Å². The Bertz CT molecular complexity index is 542. The van der Waals surface area contributed by atoms with Gasteiger partial charge in [0.2, 0.25) is 5.95 Å². The van der Waals surface area contributed by atoms with E-state index < -0.39 is 0 Å². The normalized spacial score (nSPS) is 12.4. The minimum absolute atomic E-state index is 0.311. The average Bonchev–Trinajstić information content (AvgIpc) is 2.38. The maximum absolute atomic E-state index is 9.30. The standard InChI is InChI=1S/C14H20N4O/c1-3-15-14-17-12-7-5-4-6-11(12)13(18-14)16-9-8-10(2)19/h4-7,10,19H,3,8-9H2,1-2H3,(H2,15,16,17,18). The molecule has 102 valence electrons. The summed E-state index contributed by atoms with van der Waals surface area (Å²) < 4.78 is 0. The lowest BCUT2D eigenvalue weighted by molar-refractivity contribution is 0.188. The van der Waals surface area contributed by atoms with Crippen molar-refractivity contribution in [3.63, 3.8) is 0 Å². The van der Waals surface area contributed by atoms with Gasteiger partial charge in [-0.25, -0.2) is 4.98 Å². The molecule has 3 N–H and O–H groups in total. The van der Waals surface area contributed by atoms with E-state index in [0.29, 0.717) is 18.9 Å². The van der Waals surface area contributed by atoms with Crippen LogP contribution in [0.2, 0.25) is 0 Å². The third-order valence-electron chi connectivity index (χ3n) is 2.79. The Balaban J connectivity index is 2.28. The van der Waals surface area contributed by atoms with Crippen molar-refractivity contribution in [3.05, 3.63) is 24.3 Å². The number of para-hydroxylation sites is 1. The van der Waals surface area contributed by atoms with Gasteiger partial charge in [-0.2, -0.15) is 4.98 Å². The Labute approximate surface area is 113 Å². The fourth-order valence-corrected chi connectivity index (χ4v) is 1.85. The van der Waals surface area contributed by atoms with Gasteiger partial charge in [-0.05, 0) is 32.4 Å². The number of hydrogen-bond acceptors (Lipinski definition) is 5. The Morgan fingerprint density at radius 3 is 2.74 bits per heavy atom. The SMILES string of the molecule is CCNc1nc(NCCC(C)O)c2ccccc2n1. The van der Waals surface area contributed by atoms with E-state index in [4.69, 9.17) is 0 Å². The van der Waals surface area contributed by atoms with Crippen LogP contribution in [0.1, 0.15) is 20.3 Å². The van der Waals surface area contributed by atoms with Gasteiger partial charge in [-0.1, -0.05) is 12.1 Å². The lowest BCUT2D eigenvalue weighted by atomic mass is 10.2. The van der Waals surface area contributed by atoms with Crippen molar-refractivity contribution in [1.82, 2.24) is 9.97 Å². The highest BCUT2D eigenvalue weighted by Crippen LogP contribution is 2.21. The topological polar surface area (TPSA) is 70.1 Å². The van der Waals surface area contributed by atoms with Crippen molar-refractivity contribution >= 4 is 22.7 Å². The number of nitrogens with zero attached hydrogens (tertiary/aromatic N) is 2. The largest absolute Gasteiger partial charge is 0.393 e. The first kappa shape index (κ1) is 13.5. The summed E-state index contributed by atoms with van der Waals surface area (Å²) in [5, 5.41) is 16.7. The van der Waals surface area contributed by atoms with Crippen molar-refractivity contribution < 1.29 is 5.11 Å². The lowest BCUT2D eigenvalue weighted by Crippen LogP contribution is -2.12. The third kappa shape index (κ3) is 3.54. The summed E-state index contributed by atoms with van der Waals surface area (Å²) in [6, 6.07) is 7.90. The molecule has 5 nitrogen and oxygen atoms in total. The van der Waals surface area contributed by atoms with E-state index >= 15 is 0 Å². The van der Waals surface area contributed by atoms with E-state index in [1.807, 2.05) is 31.2 Å². The fourth-order valence-electron chi connectivity index (χ4n) is 1.85.